The number of nitrogens with zero attached hydrogens (tertiary/aromatic N) is 1. The smallest absolute Gasteiger partial charge is 0.339 e. The topological polar surface area (TPSA) is 188 Å². The largest absolute Gasteiger partial charge is 0.507 e. The van der Waals surface area contributed by atoms with Crippen LogP contribution in [0.3, 0.4) is 0 Å². The summed E-state index contributed by atoms with van der Waals surface area (Å²) in [6, 6.07) is 24.1. The molecule has 13 heteroatoms. The maximum atomic E-state index is 13.4. The molecule has 44 heavy (non-hydrogen) atoms. The van der Waals surface area contributed by atoms with Gasteiger partial charge in [-0.3, -0.25) is 24.5 Å². The molecular weight excluding hydrogens is 588 g/mol. The Hall–Kier alpha value is -5.95. The van der Waals surface area contributed by atoms with Gasteiger partial charge in [0.15, 0.2) is 0 Å². The Bertz CT molecular complexity index is 1780. The first kappa shape index (κ1) is 31.0. The van der Waals surface area contributed by atoms with Crippen molar-refractivity contribution in [2.45, 2.75) is 4.90 Å². The molecule has 0 aromatic heterocycles. The fourth-order valence-electron chi connectivity index (χ4n) is 3.87. The molecule has 4 aromatic carbocycles. The second-order valence-electron chi connectivity index (χ2n) is 9.05. The van der Waals surface area contributed by atoms with Crippen molar-refractivity contribution >= 4 is 58.6 Å². The highest BCUT2D eigenvalue weighted by Crippen LogP contribution is 2.25. The molecule has 0 aliphatic carbocycles. The summed E-state index contributed by atoms with van der Waals surface area (Å²) in [6.07, 6.45) is 1.22. The summed E-state index contributed by atoms with van der Waals surface area (Å²) < 4.78 is 0. The van der Waals surface area contributed by atoms with Crippen LogP contribution in [-0.4, -0.2) is 44.6 Å². The SMILES string of the molecule is O=C(CSc1cccc(NC(=O)/C(=C\c2ccccc2[N+](=O)[O-])NC(=O)c2ccccc2)c1)Nc1ccc(O)c(C(=O)O)c1. The van der Waals surface area contributed by atoms with E-state index >= 15 is 0 Å². The van der Waals surface area contributed by atoms with Crippen LogP contribution < -0.4 is 16.0 Å². The summed E-state index contributed by atoms with van der Waals surface area (Å²) in [6.45, 7) is 0. The minimum absolute atomic E-state index is 0.0589. The van der Waals surface area contributed by atoms with Crippen LogP contribution in [-0.2, 0) is 9.59 Å². The van der Waals surface area contributed by atoms with E-state index in [0.717, 1.165) is 17.8 Å². The van der Waals surface area contributed by atoms with Gasteiger partial charge in [0.1, 0.15) is 17.0 Å². The fourth-order valence-corrected chi connectivity index (χ4v) is 4.62. The van der Waals surface area contributed by atoms with E-state index in [0.29, 0.717) is 10.6 Å². The molecule has 0 fully saturated rings. The van der Waals surface area contributed by atoms with E-state index in [1.54, 1.807) is 60.7 Å². The highest BCUT2D eigenvalue weighted by molar-refractivity contribution is 8.00. The Labute approximate surface area is 254 Å². The van der Waals surface area contributed by atoms with Crippen LogP contribution in [0.4, 0.5) is 17.1 Å². The van der Waals surface area contributed by atoms with Gasteiger partial charge in [0, 0.05) is 27.9 Å². The van der Waals surface area contributed by atoms with Crippen molar-refractivity contribution in [3.05, 3.63) is 130 Å². The number of phenols is 1. The quantitative estimate of drug-likeness (QED) is 0.0502. The average Bonchev–Trinajstić information content (AvgIpc) is 3.01. The zero-order valence-electron chi connectivity index (χ0n) is 22.7. The van der Waals surface area contributed by atoms with E-state index in [9.17, 15) is 34.4 Å². The molecule has 0 saturated carbocycles. The molecule has 0 bridgehead atoms. The van der Waals surface area contributed by atoms with E-state index < -0.39 is 34.4 Å². The van der Waals surface area contributed by atoms with E-state index in [2.05, 4.69) is 16.0 Å². The molecule has 5 N–H and O–H groups in total. The Balaban J connectivity index is 1.48. The first-order chi connectivity index (χ1) is 21.1. The Kier molecular flexibility index (Phi) is 10.1. The van der Waals surface area contributed by atoms with Gasteiger partial charge in [0.05, 0.1) is 16.2 Å². The molecule has 4 aromatic rings. The molecule has 0 heterocycles. The molecule has 0 aliphatic rings. The third-order valence-electron chi connectivity index (χ3n) is 5.93. The third kappa shape index (κ3) is 8.30. The Morgan fingerprint density at radius 1 is 0.841 bits per heavy atom. The van der Waals surface area contributed by atoms with Crippen LogP contribution >= 0.6 is 11.8 Å². The van der Waals surface area contributed by atoms with Gasteiger partial charge in [-0.2, -0.15) is 0 Å². The van der Waals surface area contributed by atoms with Gasteiger partial charge in [-0.15, -0.1) is 11.8 Å². The summed E-state index contributed by atoms with van der Waals surface area (Å²) >= 11 is 1.14. The van der Waals surface area contributed by atoms with E-state index in [1.165, 1.54) is 36.4 Å². The predicted molar refractivity (Wildman–Crippen MR) is 164 cm³/mol. The van der Waals surface area contributed by atoms with Crippen molar-refractivity contribution in [3.8, 4) is 5.75 Å². The molecule has 0 atom stereocenters. The number of carbonyl (C=O) groups is 4. The molecule has 0 saturated heterocycles. The van der Waals surface area contributed by atoms with Crippen molar-refractivity contribution in [1.82, 2.24) is 5.32 Å². The molecule has 0 radical (unpaired) electrons. The monoisotopic (exact) mass is 612 g/mol. The lowest BCUT2D eigenvalue weighted by atomic mass is 10.1. The fraction of sp³-hybridized carbons (Fsp3) is 0.0323. The zero-order valence-corrected chi connectivity index (χ0v) is 23.5. The predicted octanol–water partition coefficient (Wildman–Crippen LogP) is 5.14. The number of rotatable bonds is 11. The lowest BCUT2D eigenvalue weighted by Crippen LogP contribution is -2.30. The second-order valence-corrected chi connectivity index (χ2v) is 10.1. The first-order valence-corrected chi connectivity index (χ1v) is 13.8. The molecule has 3 amide bonds. The van der Waals surface area contributed by atoms with Crippen molar-refractivity contribution in [2.24, 2.45) is 0 Å². The van der Waals surface area contributed by atoms with Crippen LogP contribution in [0.15, 0.2) is 108 Å². The number of benzene rings is 4. The number of aromatic carboxylic acids is 1. The highest BCUT2D eigenvalue weighted by atomic mass is 32.2. The maximum Gasteiger partial charge on any atom is 0.339 e. The van der Waals surface area contributed by atoms with E-state index in [4.69, 9.17) is 5.11 Å². The summed E-state index contributed by atoms with van der Waals surface area (Å²) in [5, 5.41) is 38.1. The molecule has 0 aliphatic heterocycles. The minimum Gasteiger partial charge on any atom is -0.507 e. The van der Waals surface area contributed by atoms with Gasteiger partial charge < -0.3 is 26.2 Å². The minimum atomic E-state index is -1.34. The van der Waals surface area contributed by atoms with Crippen molar-refractivity contribution in [1.29, 1.82) is 0 Å². The number of carboxylic acid groups (broad SMARTS) is 1. The Morgan fingerprint density at radius 2 is 1.55 bits per heavy atom. The lowest BCUT2D eigenvalue weighted by molar-refractivity contribution is -0.385. The van der Waals surface area contributed by atoms with Crippen LogP contribution in [0.2, 0.25) is 0 Å². The van der Waals surface area contributed by atoms with Gasteiger partial charge >= 0.3 is 5.97 Å². The van der Waals surface area contributed by atoms with Crippen molar-refractivity contribution < 1.29 is 34.3 Å². The maximum absolute atomic E-state index is 13.4. The number of nitro benzene ring substituents is 1. The van der Waals surface area contributed by atoms with Crippen LogP contribution in [0.1, 0.15) is 26.3 Å². The molecule has 4 rings (SSSR count). The van der Waals surface area contributed by atoms with Gasteiger partial charge in [0.2, 0.25) is 5.91 Å². The number of para-hydroxylation sites is 1. The number of anilines is 2. The summed E-state index contributed by atoms with van der Waals surface area (Å²) in [5.41, 5.74) is 0.0615. The van der Waals surface area contributed by atoms with Crippen LogP contribution in [0.25, 0.3) is 6.08 Å². The molecule has 0 unspecified atom stereocenters. The third-order valence-corrected chi connectivity index (χ3v) is 6.93. The molecule has 0 spiro atoms. The number of amides is 3. The highest BCUT2D eigenvalue weighted by Gasteiger charge is 2.19. The molecular formula is C31H24N4O8S. The van der Waals surface area contributed by atoms with Crippen LogP contribution in [0, 0.1) is 10.1 Å². The van der Waals surface area contributed by atoms with Gasteiger partial charge in [-0.05, 0) is 60.7 Å². The van der Waals surface area contributed by atoms with Gasteiger partial charge in [0.25, 0.3) is 17.5 Å². The zero-order chi connectivity index (χ0) is 31.6. The number of nitrogens with one attached hydrogen (secondary N) is 3. The van der Waals surface area contributed by atoms with Crippen molar-refractivity contribution in [2.75, 3.05) is 16.4 Å². The number of thioether (sulfide) groups is 1. The standard InChI is InChI=1S/C31H24N4O8S/c36-27-14-13-22(17-24(27)31(40)41)32-28(37)18-44-23-11-6-10-21(16-23)33-30(39)25(34-29(38)19-7-2-1-3-8-19)15-20-9-4-5-12-26(20)35(42)43/h1-17,36H,18H2,(H,32,37)(H,33,39)(H,34,38)(H,40,41)/b25-15+. The number of carboxylic acids is 1. The van der Waals surface area contributed by atoms with Gasteiger partial charge in [-0.1, -0.05) is 36.4 Å². The summed E-state index contributed by atoms with van der Waals surface area (Å²) in [7, 11) is 0. The second kappa shape index (κ2) is 14.3. The van der Waals surface area contributed by atoms with Crippen molar-refractivity contribution in [3.63, 3.8) is 0 Å². The summed E-state index contributed by atoms with van der Waals surface area (Å²) in [5.74, 6) is -3.60. The van der Waals surface area contributed by atoms with E-state index in [1.807, 2.05) is 0 Å². The van der Waals surface area contributed by atoms with Crippen LogP contribution in [0.5, 0.6) is 5.75 Å². The normalized spacial score (nSPS) is 10.9. The Morgan fingerprint density at radius 3 is 2.27 bits per heavy atom. The number of hydrogen-bond acceptors (Lipinski definition) is 8. The van der Waals surface area contributed by atoms with Gasteiger partial charge in [-0.25, -0.2) is 4.79 Å². The first-order valence-electron chi connectivity index (χ1n) is 12.8. The average molecular weight is 613 g/mol. The lowest BCUT2D eigenvalue weighted by Gasteiger charge is -2.12. The summed E-state index contributed by atoms with van der Waals surface area (Å²) in [4.78, 5) is 61.5. The molecule has 222 valence electrons. The molecule has 12 nitrogen and oxygen atoms in total. The number of nitro groups is 1. The van der Waals surface area contributed by atoms with E-state index in [-0.39, 0.29) is 39.5 Å². The number of aromatic hydroxyl groups is 1. The number of hydrogen-bond donors (Lipinski definition) is 5. The number of carbonyl (C=O) groups excluding carboxylic acids is 3.